The Bertz CT molecular complexity index is 907. The standard InChI is InChI=1S/C18H13F3O5S2/c19-18(20,21)11-3-1-2-10(8-11)9-28-13-6-7-27-15(13)17(24)26-16(23)12-4-5-14(22)25-12/h1-3,6-8,12H,4-5,9H2. The monoisotopic (exact) mass is 430 g/mol. The molecular formula is C18H13F3O5S2. The molecule has 0 N–H and O–H groups in total. The van der Waals surface area contributed by atoms with E-state index < -0.39 is 35.8 Å². The van der Waals surface area contributed by atoms with E-state index in [-0.39, 0.29) is 23.5 Å². The third-order valence-electron chi connectivity index (χ3n) is 3.80. The normalized spacial score (nSPS) is 16.7. The van der Waals surface area contributed by atoms with Crippen molar-refractivity contribution in [2.75, 3.05) is 0 Å². The van der Waals surface area contributed by atoms with Gasteiger partial charge in [-0.3, -0.25) is 4.79 Å². The van der Waals surface area contributed by atoms with Gasteiger partial charge in [-0.1, -0.05) is 18.2 Å². The van der Waals surface area contributed by atoms with Crippen LogP contribution in [0.4, 0.5) is 13.2 Å². The number of carbonyl (C=O) groups is 3. The highest BCUT2D eigenvalue weighted by atomic mass is 32.2. The molecule has 0 radical (unpaired) electrons. The summed E-state index contributed by atoms with van der Waals surface area (Å²) in [6.45, 7) is 0. The smallest absolute Gasteiger partial charge is 0.416 e. The number of halogens is 3. The molecule has 3 rings (SSSR count). The zero-order valence-electron chi connectivity index (χ0n) is 14.2. The fourth-order valence-electron chi connectivity index (χ4n) is 2.45. The summed E-state index contributed by atoms with van der Waals surface area (Å²) >= 11 is 2.21. The second kappa shape index (κ2) is 8.36. The maximum Gasteiger partial charge on any atom is 0.416 e. The molecule has 1 fully saturated rings. The van der Waals surface area contributed by atoms with Gasteiger partial charge >= 0.3 is 24.1 Å². The number of thioether (sulfide) groups is 1. The van der Waals surface area contributed by atoms with Gasteiger partial charge in [0.2, 0.25) is 0 Å². The minimum Gasteiger partial charge on any atom is -0.450 e. The van der Waals surface area contributed by atoms with Gasteiger partial charge in [-0.15, -0.1) is 23.1 Å². The van der Waals surface area contributed by atoms with Crippen molar-refractivity contribution in [1.29, 1.82) is 0 Å². The van der Waals surface area contributed by atoms with Crippen molar-refractivity contribution in [1.82, 2.24) is 0 Å². The van der Waals surface area contributed by atoms with Gasteiger partial charge in [0.25, 0.3) is 0 Å². The van der Waals surface area contributed by atoms with Crippen LogP contribution >= 0.6 is 23.1 Å². The number of thiophene rings is 1. The number of alkyl halides is 3. The minimum atomic E-state index is -4.43. The molecule has 2 aromatic rings. The van der Waals surface area contributed by atoms with Gasteiger partial charge < -0.3 is 9.47 Å². The van der Waals surface area contributed by atoms with Gasteiger partial charge in [-0.25, -0.2) is 9.59 Å². The van der Waals surface area contributed by atoms with E-state index in [0.29, 0.717) is 10.5 Å². The van der Waals surface area contributed by atoms with E-state index in [4.69, 9.17) is 9.47 Å². The molecule has 0 saturated carbocycles. The Morgan fingerprint density at radius 3 is 2.75 bits per heavy atom. The van der Waals surface area contributed by atoms with E-state index in [1.54, 1.807) is 17.5 Å². The number of rotatable bonds is 5. The van der Waals surface area contributed by atoms with Crippen molar-refractivity contribution >= 4 is 41.0 Å². The summed E-state index contributed by atoms with van der Waals surface area (Å²) in [5.41, 5.74) is -0.299. The zero-order valence-corrected chi connectivity index (χ0v) is 15.8. The molecule has 1 aromatic carbocycles. The Labute approximate surface area is 165 Å². The first-order chi connectivity index (χ1) is 13.2. The van der Waals surface area contributed by atoms with E-state index in [9.17, 15) is 27.6 Å². The first kappa shape index (κ1) is 20.4. The van der Waals surface area contributed by atoms with Crippen LogP contribution in [-0.2, 0) is 31.0 Å². The Morgan fingerprint density at radius 2 is 2.07 bits per heavy atom. The van der Waals surface area contributed by atoms with Crippen molar-refractivity contribution < 1.29 is 37.0 Å². The van der Waals surface area contributed by atoms with E-state index in [1.807, 2.05) is 0 Å². The summed E-state index contributed by atoms with van der Waals surface area (Å²) < 4.78 is 47.9. The number of ether oxygens (including phenoxy) is 2. The Balaban J connectivity index is 1.63. The first-order valence-electron chi connectivity index (χ1n) is 8.06. The Morgan fingerprint density at radius 1 is 1.29 bits per heavy atom. The Kier molecular flexibility index (Phi) is 6.09. The molecule has 0 aliphatic carbocycles. The highest BCUT2D eigenvalue weighted by molar-refractivity contribution is 7.98. The first-order valence-corrected chi connectivity index (χ1v) is 9.92. The van der Waals surface area contributed by atoms with E-state index in [0.717, 1.165) is 35.2 Å². The molecule has 148 valence electrons. The van der Waals surface area contributed by atoms with Crippen molar-refractivity contribution in [3.63, 3.8) is 0 Å². The Hall–Kier alpha value is -2.33. The van der Waals surface area contributed by atoms with Gasteiger partial charge in [0.05, 0.1) is 5.56 Å². The summed E-state index contributed by atoms with van der Waals surface area (Å²) in [6, 6.07) is 6.55. The fourth-order valence-corrected chi connectivity index (χ4v) is 4.40. The zero-order chi connectivity index (χ0) is 20.3. The molecule has 0 bridgehead atoms. The van der Waals surface area contributed by atoms with Crippen LogP contribution in [0.2, 0.25) is 0 Å². The topological polar surface area (TPSA) is 69.7 Å². The number of hydrogen-bond acceptors (Lipinski definition) is 7. The summed E-state index contributed by atoms with van der Waals surface area (Å²) in [5.74, 6) is -2.13. The summed E-state index contributed by atoms with van der Waals surface area (Å²) in [5, 5.41) is 1.62. The number of hydrogen-bond donors (Lipinski definition) is 0. The number of benzene rings is 1. The van der Waals surface area contributed by atoms with Crippen LogP contribution in [0.1, 0.15) is 33.6 Å². The lowest BCUT2D eigenvalue weighted by Gasteiger charge is -2.09. The van der Waals surface area contributed by atoms with Gasteiger partial charge in [0.1, 0.15) is 4.88 Å². The molecule has 1 saturated heterocycles. The van der Waals surface area contributed by atoms with Gasteiger partial charge in [0.15, 0.2) is 6.10 Å². The molecule has 0 amide bonds. The van der Waals surface area contributed by atoms with Gasteiger partial charge in [-0.2, -0.15) is 13.2 Å². The number of cyclic esters (lactones) is 1. The van der Waals surface area contributed by atoms with Crippen LogP contribution in [0.5, 0.6) is 0 Å². The molecule has 10 heteroatoms. The van der Waals surface area contributed by atoms with Gasteiger partial charge in [0, 0.05) is 23.5 Å². The van der Waals surface area contributed by atoms with E-state index in [2.05, 4.69) is 0 Å². The lowest BCUT2D eigenvalue weighted by atomic mass is 10.1. The summed E-state index contributed by atoms with van der Waals surface area (Å²) in [4.78, 5) is 35.8. The molecule has 5 nitrogen and oxygen atoms in total. The molecule has 1 aromatic heterocycles. The number of carbonyl (C=O) groups excluding carboxylic acids is 3. The quantitative estimate of drug-likeness (QED) is 0.397. The lowest BCUT2D eigenvalue weighted by Crippen LogP contribution is -2.25. The average Bonchev–Trinajstić information content (AvgIpc) is 3.28. The molecule has 2 heterocycles. The van der Waals surface area contributed by atoms with Crippen molar-refractivity contribution in [2.45, 2.75) is 35.8 Å². The molecule has 1 atom stereocenters. The second-order valence-electron chi connectivity index (χ2n) is 5.83. The predicted octanol–water partition coefficient (Wildman–Crippen LogP) is 4.45. The van der Waals surface area contributed by atoms with E-state index >= 15 is 0 Å². The van der Waals surface area contributed by atoms with Crippen LogP contribution in [0, 0.1) is 0 Å². The summed E-state index contributed by atoms with van der Waals surface area (Å²) in [6.07, 6.45) is -5.27. The molecular weight excluding hydrogens is 417 g/mol. The molecule has 1 unspecified atom stereocenters. The van der Waals surface area contributed by atoms with Crippen LogP contribution in [0.25, 0.3) is 0 Å². The fraction of sp³-hybridized carbons (Fsp3) is 0.278. The second-order valence-corrected chi connectivity index (χ2v) is 7.76. The summed E-state index contributed by atoms with van der Waals surface area (Å²) in [7, 11) is 0. The lowest BCUT2D eigenvalue weighted by molar-refractivity contribution is -0.157. The highest BCUT2D eigenvalue weighted by Gasteiger charge is 2.33. The average molecular weight is 430 g/mol. The third-order valence-corrected chi connectivity index (χ3v) is 5.96. The van der Waals surface area contributed by atoms with Crippen LogP contribution in [0.15, 0.2) is 40.6 Å². The molecule has 1 aliphatic heterocycles. The van der Waals surface area contributed by atoms with Crippen molar-refractivity contribution in [3.05, 3.63) is 51.7 Å². The molecule has 0 spiro atoms. The largest absolute Gasteiger partial charge is 0.450 e. The van der Waals surface area contributed by atoms with Gasteiger partial charge in [-0.05, 0) is 23.1 Å². The molecule has 1 aliphatic rings. The highest BCUT2D eigenvalue weighted by Crippen LogP contribution is 2.33. The number of esters is 3. The van der Waals surface area contributed by atoms with Crippen LogP contribution in [-0.4, -0.2) is 24.0 Å². The maximum absolute atomic E-state index is 12.8. The van der Waals surface area contributed by atoms with Crippen molar-refractivity contribution in [3.8, 4) is 0 Å². The van der Waals surface area contributed by atoms with Crippen LogP contribution < -0.4 is 0 Å². The minimum absolute atomic E-state index is 0.0883. The molecule has 28 heavy (non-hydrogen) atoms. The SMILES string of the molecule is O=C1CCC(C(=O)OC(=O)c2sccc2SCc2cccc(C(F)(F)F)c2)O1. The van der Waals surface area contributed by atoms with Crippen molar-refractivity contribution in [2.24, 2.45) is 0 Å². The maximum atomic E-state index is 12.8. The van der Waals surface area contributed by atoms with E-state index in [1.165, 1.54) is 6.07 Å². The predicted molar refractivity (Wildman–Crippen MR) is 94.9 cm³/mol. The van der Waals surface area contributed by atoms with Crippen LogP contribution in [0.3, 0.4) is 0 Å². The third kappa shape index (κ3) is 4.93.